The zero-order valence-corrected chi connectivity index (χ0v) is 12.4. The number of aromatic nitrogens is 2. The van der Waals surface area contributed by atoms with Gasteiger partial charge >= 0.3 is 12.0 Å². The van der Waals surface area contributed by atoms with Crippen molar-refractivity contribution >= 4 is 23.8 Å². The van der Waals surface area contributed by atoms with Gasteiger partial charge in [0.1, 0.15) is 0 Å². The molecule has 0 bridgehead atoms. The number of urea groups is 1. The molecule has 1 aromatic heterocycles. The summed E-state index contributed by atoms with van der Waals surface area (Å²) in [5, 5.41) is 14.7. The molecule has 1 rings (SSSR count). The number of imidazole rings is 1. The third-order valence-electron chi connectivity index (χ3n) is 2.75. The lowest BCUT2D eigenvalue weighted by Crippen LogP contribution is -2.38. The van der Waals surface area contributed by atoms with E-state index in [1.807, 2.05) is 6.26 Å². The van der Waals surface area contributed by atoms with E-state index in [9.17, 15) is 9.59 Å². The summed E-state index contributed by atoms with van der Waals surface area (Å²) >= 11 is 1.77. The second-order valence-electron chi connectivity index (χ2n) is 4.32. The van der Waals surface area contributed by atoms with Gasteiger partial charge in [-0.05, 0) is 12.7 Å². The molecular formula is C12H20N4O3S. The van der Waals surface area contributed by atoms with Crippen LogP contribution < -0.4 is 10.6 Å². The van der Waals surface area contributed by atoms with Crippen LogP contribution in [0.4, 0.5) is 4.79 Å². The van der Waals surface area contributed by atoms with Crippen molar-refractivity contribution < 1.29 is 14.7 Å². The van der Waals surface area contributed by atoms with Crippen LogP contribution in [-0.2, 0) is 6.54 Å². The van der Waals surface area contributed by atoms with E-state index in [1.54, 1.807) is 16.3 Å². The smallest absolute Gasteiger partial charge is 0.356 e. The number of thioether (sulfide) groups is 1. The minimum atomic E-state index is -1.06. The van der Waals surface area contributed by atoms with Gasteiger partial charge in [0.25, 0.3) is 0 Å². The van der Waals surface area contributed by atoms with Gasteiger partial charge in [-0.25, -0.2) is 14.6 Å². The molecule has 0 radical (unpaired) electrons. The molecule has 0 aliphatic heterocycles. The molecular weight excluding hydrogens is 280 g/mol. The predicted molar refractivity (Wildman–Crippen MR) is 78.2 cm³/mol. The average molecular weight is 300 g/mol. The first-order chi connectivity index (χ1) is 9.52. The molecule has 0 aliphatic rings. The number of rotatable bonds is 8. The summed E-state index contributed by atoms with van der Waals surface area (Å²) in [6.45, 7) is 3.65. The molecule has 0 aromatic carbocycles. The van der Waals surface area contributed by atoms with Gasteiger partial charge in [0.15, 0.2) is 5.69 Å². The van der Waals surface area contributed by atoms with Crippen molar-refractivity contribution in [3.63, 3.8) is 0 Å². The van der Waals surface area contributed by atoms with E-state index in [2.05, 4.69) is 22.5 Å². The van der Waals surface area contributed by atoms with Crippen molar-refractivity contribution in [2.75, 3.05) is 19.3 Å². The van der Waals surface area contributed by atoms with E-state index >= 15 is 0 Å². The second-order valence-corrected chi connectivity index (χ2v) is 5.60. The van der Waals surface area contributed by atoms with Crippen molar-refractivity contribution in [3.8, 4) is 0 Å². The third kappa shape index (κ3) is 5.96. The minimum absolute atomic E-state index is 0.000467. The van der Waals surface area contributed by atoms with Gasteiger partial charge in [-0.15, -0.1) is 0 Å². The Bertz CT molecular complexity index is 450. The topological polar surface area (TPSA) is 96.3 Å². The highest BCUT2D eigenvalue weighted by Gasteiger charge is 2.06. The van der Waals surface area contributed by atoms with Crippen LogP contribution in [0.5, 0.6) is 0 Å². The molecule has 8 heteroatoms. The summed E-state index contributed by atoms with van der Waals surface area (Å²) in [7, 11) is 0. The van der Waals surface area contributed by atoms with Crippen LogP contribution in [0.25, 0.3) is 0 Å². The van der Waals surface area contributed by atoms with E-state index in [0.29, 0.717) is 24.9 Å². The second kappa shape index (κ2) is 8.47. The fourth-order valence-electron chi connectivity index (χ4n) is 1.46. The van der Waals surface area contributed by atoms with Crippen LogP contribution in [0.2, 0.25) is 0 Å². The molecule has 7 nitrogen and oxygen atoms in total. The Labute approximate surface area is 122 Å². The zero-order chi connectivity index (χ0) is 15.0. The van der Waals surface area contributed by atoms with Gasteiger partial charge in [-0.3, -0.25) is 0 Å². The number of nitrogens with one attached hydrogen (secondary N) is 2. The lowest BCUT2D eigenvalue weighted by molar-refractivity contribution is 0.0691. The summed E-state index contributed by atoms with van der Waals surface area (Å²) in [6, 6.07) is -0.211. The summed E-state index contributed by atoms with van der Waals surface area (Å²) in [5.41, 5.74) is 0.000467. The Morgan fingerprint density at radius 1 is 1.45 bits per heavy atom. The number of carbonyl (C=O) groups is 2. The molecule has 0 saturated heterocycles. The molecule has 0 fully saturated rings. The first-order valence-corrected chi connectivity index (χ1v) is 7.61. The zero-order valence-electron chi connectivity index (χ0n) is 11.6. The monoisotopic (exact) mass is 300 g/mol. The van der Waals surface area contributed by atoms with Gasteiger partial charge in [-0.2, -0.15) is 11.8 Å². The number of carboxylic acid groups (broad SMARTS) is 1. The first kappa shape index (κ1) is 16.4. The van der Waals surface area contributed by atoms with Crippen molar-refractivity contribution in [3.05, 3.63) is 18.2 Å². The van der Waals surface area contributed by atoms with Crippen molar-refractivity contribution in [1.29, 1.82) is 0 Å². The number of amides is 2. The van der Waals surface area contributed by atoms with E-state index in [1.165, 1.54) is 12.5 Å². The molecule has 0 aliphatic carbocycles. The predicted octanol–water partition coefficient (Wildman–Crippen LogP) is 1.02. The van der Waals surface area contributed by atoms with Gasteiger partial charge in [0.05, 0.1) is 6.33 Å². The molecule has 3 N–H and O–H groups in total. The first-order valence-electron chi connectivity index (χ1n) is 6.32. The Morgan fingerprint density at radius 2 is 2.15 bits per heavy atom. The lowest BCUT2D eigenvalue weighted by Gasteiger charge is -2.10. The van der Waals surface area contributed by atoms with E-state index < -0.39 is 5.97 Å². The van der Waals surface area contributed by atoms with Crippen LogP contribution in [-0.4, -0.2) is 51.3 Å². The normalized spacial score (nSPS) is 11.9. The molecule has 1 heterocycles. The molecule has 1 unspecified atom stereocenters. The van der Waals surface area contributed by atoms with Crippen LogP contribution >= 0.6 is 11.8 Å². The van der Waals surface area contributed by atoms with Crippen molar-refractivity contribution in [2.24, 2.45) is 0 Å². The Hall–Kier alpha value is -1.70. The maximum Gasteiger partial charge on any atom is 0.356 e. The van der Waals surface area contributed by atoms with E-state index in [0.717, 1.165) is 6.42 Å². The molecule has 2 amide bonds. The van der Waals surface area contributed by atoms with Crippen molar-refractivity contribution in [2.45, 2.75) is 25.1 Å². The quantitative estimate of drug-likeness (QED) is 0.666. The van der Waals surface area contributed by atoms with Crippen LogP contribution in [0.1, 0.15) is 23.8 Å². The van der Waals surface area contributed by atoms with Gasteiger partial charge < -0.3 is 20.3 Å². The fraction of sp³-hybridized carbons (Fsp3) is 0.583. The highest BCUT2D eigenvalue weighted by Crippen LogP contribution is 2.07. The number of carbonyl (C=O) groups excluding carboxylic acids is 1. The average Bonchev–Trinajstić information content (AvgIpc) is 2.87. The number of hydrogen-bond acceptors (Lipinski definition) is 4. The van der Waals surface area contributed by atoms with Crippen LogP contribution in [0.15, 0.2) is 12.5 Å². The number of hydrogen-bond donors (Lipinski definition) is 3. The van der Waals surface area contributed by atoms with Gasteiger partial charge in [-0.1, -0.05) is 6.92 Å². The number of aromatic carboxylic acids is 1. The number of carboxylic acids is 1. The Balaban J connectivity index is 2.16. The highest BCUT2D eigenvalue weighted by atomic mass is 32.2. The highest BCUT2D eigenvalue weighted by molar-refractivity contribution is 7.99. The Kier molecular flexibility index (Phi) is 6.92. The minimum Gasteiger partial charge on any atom is -0.476 e. The maximum atomic E-state index is 11.5. The third-order valence-corrected chi connectivity index (χ3v) is 3.79. The van der Waals surface area contributed by atoms with Crippen LogP contribution in [0, 0.1) is 0 Å². The van der Waals surface area contributed by atoms with E-state index in [4.69, 9.17) is 5.11 Å². The van der Waals surface area contributed by atoms with Gasteiger partial charge in [0.2, 0.25) is 0 Å². The molecule has 1 atom stereocenters. The summed E-state index contributed by atoms with van der Waals surface area (Å²) in [4.78, 5) is 25.8. The standard InChI is InChI=1S/C12H20N4O3S/c1-9(20-2)3-4-13-12(19)14-5-6-16-7-10(11(17)18)15-8-16/h7-9H,3-6H2,1-2H3,(H,17,18)(H2,13,14,19). The lowest BCUT2D eigenvalue weighted by atomic mass is 10.3. The Morgan fingerprint density at radius 3 is 2.75 bits per heavy atom. The molecule has 112 valence electrons. The fourth-order valence-corrected chi connectivity index (χ4v) is 1.81. The van der Waals surface area contributed by atoms with Gasteiger partial charge in [0, 0.05) is 31.1 Å². The largest absolute Gasteiger partial charge is 0.476 e. The number of nitrogens with zero attached hydrogens (tertiary/aromatic N) is 2. The molecule has 20 heavy (non-hydrogen) atoms. The SMILES string of the molecule is CSC(C)CCNC(=O)NCCn1cnc(C(=O)O)c1. The summed E-state index contributed by atoms with van der Waals surface area (Å²) in [5.74, 6) is -1.06. The maximum absolute atomic E-state index is 11.5. The van der Waals surface area contributed by atoms with Crippen molar-refractivity contribution in [1.82, 2.24) is 20.2 Å². The summed E-state index contributed by atoms with van der Waals surface area (Å²) < 4.78 is 1.62. The summed E-state index contributed by atoms with van der Waals surface area (Å²) in [6.07, 6.45) is 5.84. The molecule has 0 saturated carbocycles. The molecule has 0 spiro atoms. The molecule has 1 aromatic rings. The van der Waals surface area contributed by atoms with E-state index in [-0.39, 0.29) is 11.7 Å². The van der Waals surface area contributed by atoms with Crippen LogP contribution in [0.3, 0.4) is 0 Å².